The number of fused-ring (bicyclic) bond motifs is 1. The topological polar surface area (TPSA) is 27.1 Å². The molecule has 1 atom stereocenters. The van der Waals surface area contributed by atoms with E-state index >= 15 is 0 Å². The van der Waals surface area contributed by atoms with Gasteiger partial charge in [-0.25, -0.2) is 4.98 Å². The lowest BCUT2D eigenvalue weighted by Crippen LogP contribution is -2.30. The maximum Gasteiger partial charge on any atom is 0.147 e. The van der Waals surface area contributed by atoms with E-state index in [-0.39, 0.29) is 10.9 Å². The van der Waals surface area contributed by atoms with Gasteiger partial charge in [-0.05, 0) is 45.7 Å². The summed E-state index contributed by atoms with van der Waals surface area (Å²) >= 11 is 6.41. The molecule has 0 amide bonds. The highest BCUT2D eigenvalue weighted by molar-refractivity contribution is 6.20. The van der Waals surface area contributed by atoms with Gasteiger partial charge in [-0.3, -0.25) is 0 Å². The molecule has 0 N–H and O–H groups in total. The van der Waals surface area contributed by atoms with Gasteiger partial charge < -0.3 is 9.30 Å². The van der Waals surface area contributed by atoms with Crippen LogP contribution in [0.25, 0.3) is 11.0 Å². The second-order valence-corrected chi connectivity index (χ2v) is 6.34. The first-order chi connectivity index (χ1) is 9.98. The summed E-state index contributed by atoms with van der Waals surface area (Å²) in [4.78, 5) is 4.80. The number of imidazole rings is 1. The van der Waals surface area contributed by atoms with Gasteiger partial charge in [0.2, 0.25) is 0 Å². The zero-order valence-corrected chi connectivity index (χ0v) is 14.4. The molecule has 0 radical (unpaired) electrons. The third kappa shape index (κ3) is 2.76. The quantitative estimate of drug-likeness (QED) is 0.680. The summed E-state index contributed by atoms with van der Waals surface area (Å²) in [6.07, 6.45) is 2.06. The molecule has 21 heavy (non-hydrogen) atoms. The molecule has 0 saturated heterocycles. The second kappa shape index (κ2) is 6.27. The van der Waals surface area contributed by atoms with Crippen molar-refractivity contribution in [2.75, 3.05) is 6.61 Å². The van der Waals surface area contributed by atoms with Crippen LogP contribution in [0.1, 0.15) is 58.7 Å². The highest BCUT2D eigenvalue weighted by Crippen LogP contribution is 2.37. The fraction of sp³-hybridized carbons (Fsp3) is 0.588. The van der Waals surface area contributed by atoms with Crippen LogP contribution in [0.3, 0.4) is 0 Å². The second-order valence-electron chi connectivity index (χ2n) is 5.68. The summed E-state index contributed by atoms with van der Waals surface area (Å²) in [5, 5.41) is -0.135. The van der Waals surface area contributed by atoms with Crippen molar-refractivity contribution in [3.05, 3.63) is 24.0 Å². The van der Waals surface area contributed by atoms with E-state index in [1.807, 2.05) is 26.0 Å². The molecule has 0 aliphatic carbocycles. The van der Waals surface area contributed by atoms with Crippen molar-refractivity contribution in [1.82, 2.24) is 9.55 Å². The SMILES string of the molecule is CCOc1cccc2c1nc(C(C)Cl)n2C(C)(CC)CC. The molecule has 116 valence electrons. The van der Waals surface area contributed by atoms with E-state index in [4.69, 9.17) is 21.3 Å². The molecular formula is C17H25ClN2O. The van der Waals surface area contributed by atoms with Crippen LogP contribution in [0.4, 0.5) is 0 Å². The lowest BCUT2D eigenvalue weighted by atomic mass is 9.94. The third-order valence-corrected chi connectivity index (χ3v) is 4.59. The van der Waals surface area contributed by atoms with Crippen molar-refractivity contribution in [1.29, 1.82) is 0 Å². The number of halogens is 1. The van der Waals surface area contributed by atoms with Crippen LogP contribution < -0.4 is 4.74 Å². The zero-order valence-electron chi connectivity index (χ0n) is 13.6. The third-order valence-electron chi connectivity index (χ3n) is 4.39. The number of ether oxygens (including phenoxy) is 1. The van der Waals surface area contributed by atoms with Crippen LogP contribution in [0.2, 0.25) is 0 Å². The highest BCUT2D eigenvalue weighted by Gasteiger charge is 2.29. The molecule has 1 aromatic heterocycles. The van der Waals surface area contributed by atoms with E-state index in [0.717, 1.165) is 35.4 Å². The molecule has 1 aromatic carbocycles. The van der Waals surface area contributed by atoms with Gasteiger partial charge in [0.1, 0.15) is 17.1 Å². The standard InChI is InChI=1S/C17H25ClN2O/c1-6-17(5,7-2)20-13-10-9-11-14(21-8-3)15(13)19-16(20)12(4)18/h9-12H,6-8H2,1-5H3. The van der Waals surface area contributed by atoms with Gasteiger partial charge in [0, 0.05) is 5.54 Å². The van der Waals surface area contributed by atoms with Gasteiger partial charge in [0.05, 0.1) is 17.5 Å². The summed E-state index contributed by atoms with van der Waals surface area (Å²) < 4.78 is 8.04. The molecular weight excluding hydrogens is 284 g/mol. The van der Waals surface area contributed by atoms with Gasteiger partial charge in [-0.2, -0.15) is 0 Å². The van der Waals surface area contributed by atoms with Crippen LogP contribution in [0.15, 0.2) is 18.2 Å². The van der Waals surface area contributed by atoms with Crippen LogP contribution in [0, 0.1) is 0 Å². The summed E-state index contributed by atoms with van der Waals surface area (Å²) in [5.74, 6) is 1.76. The molecule has 4 heteroatoms. The predicted molar refractivity (Wildman–Crippen MR) is 89.4 cm³/mol. The molecule has 2 aromatic rings. The van der Waals surface area contributed by atoms with Gasteiger partial charge in [0.15, 0.2) is 0 Å². The van der Waals surface area contributed by atoms with Crippen molar-refractivity contribution in [3.63, 3.8) is 0 Å². The number of rotatable bonds is 6. The smallest absolute Gasteiger partial charge is 0.147 e. The molecule has 3 nitrogen and oxygen atoms in total. The number of aromatic nitrogens is 2. The van der Waals surface area contributed by atoms with E-state index < -0.39 is 0 Å². The number of para-hydroxylation sites is 1. The maximum atomic E-state index is 6.41. The lowest BCUT2D eigenvalue weighted by molar-refractivity contribution is 0.293. The average molecular weight is 309 g/mol. The maximum absolute atomic E-state index is 6.41. The van der Waals surface area contributed by atoms with Gasteiger partial charge in [-0.15, -0.1) is 11.6 Å². The van der Waals surface area contributed by atoms with Crippen LogP contribution >= 0.6 is 11.6 Å². The molecule has 1 unspecified atom stereocenters. The van der Waals surface area contributed by atoms with E-state index in [9.17, 15) is 0 Å². The van der Waals surface area contributed by atoms with Crippen LogP contribution in [-0.2, 0) is 5.54 Å². The normalized spacial score (nSPS) is 13.6. The number of hydrogen-bond donors (Lipinski definition) is 0. The molecule has 0 bridgehead atoms. The largest absolute Gasteiger partial charge is 0.492 e. The predicted octanol–water partition coefficient (Wildman–Crippen LogP) is 5.27. The Balaban J connectivity index is 2.78. The Hall–Kier alpha value is -1.22. The first-order valence-electron chi connectivity index (χ1n) is 7.77. The molecule has 0 spiro atoms. The Morgan fingerprint density at radius 1 is 1.29 bits per heavy atom. The molecule has 1 heterocycles. The fourth-order valence-corrected chi connectivity index (χ4v) is 2.91. The van der Waals surface area contributed by atoms with Gasteiger partial charge in [0.25, 0.3) is 0 Å². The van der Waals surface area contributed by atoms with Crippen LogP contribution in [-0.4, -0.2) is 16.2 Å². The Morgan fingerprint density at radius 3 is 2.48 bits per heavy atom. The molecule has 2 rings (SSSR count). The lowest BCUT2D eigenvalue weighted by Gasteiger charge is -2.32. The molecule has 0 saturated carbocycles. The van der Waals surface area contributed by atoms with Gasteiger partial charge >= 0.3 is 0 Å². The van der Waals surface area contributed by atoms with E-state index in [1.165, 1.54) is 0 Å². The van der Waals surface area contributed by atoms with E-state index in [1.54, 1.807) is 0 Å². The van der Waals surface area contributed by atoms with Gasteiger partial charge in [-0.1, -0.05) is 19.9 Å². The zero-order chi connectivity index (χ0) is 15.6. The minimum atomic E-state index is -0.135. The first kappa shape index (κ1) is 16.2. The molecule has 0 fully saturated rings. The van der Waals surface area contributed by atoms with Crippen LogP contribution in [0.5, 0.6) is 5.75 Å². The van der Waals surface area contributed by atoms with E-state index in [0.29, 0.717) is 6.61 Å². The van der Waals surface area contributed by atoms with E-state index in [2.05, 4.69) is 31.4 Å². The number of alkyl halides is 1. The number of nitrogens with zero attached hydrogens (tertiary/aromatic N) is 2. The summed E-state index contributed by atoms with van der Waals surface area (Å²) in [6, 6.07) is 6.11. The van der Waals surface area contributed by atoms with Crippen molar-refractivity contribution < 1.29 is 4.74 Å². The fourth-order valence-electron chi connectivity index (χ4n) is 2.76. The first-order valence-corrected chi connectivity index (χ1v) is 8.20. The number of hydrogen-bond acceptors (Lipinski definition) is 2. The Bertz CT molecular complexity index is 615. The van der Waals surface area contributed by atoms with Crippen molar-refractivity contribution >= 4 is 22.6 Å². The molecule has 0 aliphatic rings. The Labute approximate surface area is 132 Å². The summed E-state index contributed by atoms with van der Waals surface area (Å²) in [5.41, 5.74) is 2.03. The van der Waals surface area contributed by atoms with Crippen molar-refractivity contribution in [2.45, 2.75) is 58.4 Å². The highest BCUT2D eigenvalue weighted by atomic mass is 35.5. The summed E-state index contributed by atoms with van der Waals surface area (Å²) in [7, 11) is 0. The monoisotopic (exact) mass is 308 g/mol. The van der Waals surface area contributed by atoms with Crippen molar-refractivity contribution in [3.8, 4) is 5.75 Å². The average Bonchev–Trinajstić information content (AvgIpc) is 2.88. The minimum Gasteiger partial charge on any atom is -0.492 e. The Kier molecular flexibility index (Phi) is 4.82. The minimum absolute atomic E-state index is 0.0120. The molecule has 0 aliphatic heterocycles. The van der Waals surface area contributed by atoms with Crippen molar-refractivity contribution in [2.24, 2.45) is 0 Å². The number of benzene rings is 1. The Morgan fingerprint density at radius 2 is 1.95 bits per heavy atom. The summed E-state index contributed by atoms with van der Waals surface area (Å²) in [6.45, 7) is 11.3.